The Morgan fingerprint density at radius 3 is 2.50 bits per heavy atom. The lowest BCUT2D eigenvalue weighted by molar-refractivity contribution is -0.116. The maximum atomic E-state index is 12.2. The van der Waals surface area contributed by atoms with E-state index in [1.807, 2.05) is 36.4 Å². The second kappa shape index (κ2) is 9.17. The van der Waals surface area contributed by atoms with E-state index < -0.39 is 0 Å². The molecule has 1 atom stereocenters. The van der Waals surface area contributed by atoms with Gasteiger partial charge in [0.15, 0.2) is 0 Å². The Bertz CT molecular complexity index is 902. The summed E-state index contributed by atoms with van der Waals surface area (Å²) in [4.78, 5) is 16.6. The summed E-state index contributed by atoms with van der Waals surface area (Å²) in [5, 5.41) is 6.88. The van der Waals surface area contributed by atoms with Gasteiger partial charge in [0.25, 0.3) is 0 Å². The van der Waals surface area contributed by atoms with Crippen molar-refractivity contribution in [3.8, 4) is 17.1 Å². The van der Waals surface area contributed by atoms with Gasteiger partial charge in [0.05, 0.1) is 7.11 Å². The Morgan fingerprint density at radius 1 is 1.14 bits per heavy atom. The summed E-state index contributed by atoms with van der Waals surface area (Å²) in [5.74, 6) is 2.13. The standard InChI is InChI=1S/C22H25N3O3/c1-4-15(2)16-5-9-18(10-6-16)23-20(26)13-14-21-24-22(25-28-21)17-7-11-19(27-3)12-8-17/h5-12,15H,4,13-14H2,1-3H3,(H,23,26)/t15-/m1/s1. The largest absolute Gasteiger partial charge is 0.497 e. The van der Waals surface area contributed by atoms with Crippen LogP contribution < -0.4 is 10.1 Å². The van der Waals surface area contributed by atoms with Crippen molar-refractivity contribution in [2.75, 3.05) is 12.4 Å². The van der Waals surface area contributed by atoms with Crippen LogP contribution in [0.5, 0.6) is 5.75 Å². The third-order valence-electron chi connectivity index (χ3n) is 4.76. The van der Waals surface area contributed by atoms with Gasteiger partial charge in [-0.3, -0.25) is 4.79 Å². The summed E-state index contributed by atoms with van der Waals surface area (Å²) in [5.41, 5.74) is 2.90. The van der Waals surface area contributed by atoms with Gasteiger partial charge in [-0.05, 0) is 54.3 Å². The van der Waals surface area contributed by atoms with Crippen molar-refractivity contribution in [1.82, 2.24) is 10.1 Å². The van der Waals surface area contributed by atoms with Crippen molar-refractivity contribution in [2.45, 2.75) is 39.0 Å². The Hall–Kier alpha value is -3.15. The highest BCUT2D eigenvalue weighted by Gasteiger charge is 2.11. The third-order valence-corrected chi connectivity index (χ3v) is 4.76. The second-order valence-electron chi connectivity index (χ2n) is 6.72. The number of aryl methyl sites for hydroxylation is 1. The highest BCUT2D eigenvalue weighted by molar-refractivity contribution is 5.90. The number of anilines is 1. The molecule has 3 rings (SSSR count). The Balaban J connectivity index is 1.52. The number of nitrogens with zero attached hydrogens (tertiary/aromatic N) is 2. The number of ether oxygens (including phenoxy) is 1. The zero-order valence-electron chi connectivity index (χ0n) is 16.4. The predicted octanol–water partition coefficient (Wildman–Crippen LogP) is 4.83. The summed E-state index contributed by atoms with van der Waals surface area (Å²) in [6, 6.07) is 15.4. The molecule has 6 nitrogen and oxygen atoms in total. The number of carbonyl (C=O) groups excluding carboxylic acids is 1. The van der Waals surface area contributed by atoms with Crippen LogP contribution in [0.2, 0.25) is 0 Å². The number of carbonyl (C=O) groups is 1. The monoisotopic (exact) mass is 379 g/mol. The van der Waals surface area contributed by atoms with Gasteiger partial charge in [0, 0.05) is 24.1 Å². The first-order chi connectivity index (χ1) is 13.6. The van der Waals surface area contributed by atoms with E-state index in [-0.39, 0.29) is 12.3 Å². The van der Waals surface area contributed by atoms with Gasteiger partial charge >= 0.3 is 0 Å². The third kappa shape index (κ3) is 4.97. The average molecular weight is 379 g/mol. The van der Waals surface area contributed by atoms with Crippen molar-refractivity contribution < 1.29 is 14.1 Å². The zero-order chi connectivity index (χ0) is 19.9. The maximum absolute atomic E-state index is 12.2. The van der Waals surface area contributed by atoms with Crippen LogP contribution in [0, 0.1) is 0 Å². The minimum atomic E-state index is -0.0829. The van der Waals surface area contributed by atoms with Gasteiger partial charge in [-0.2, -0.15) is 4.98 Å². The summed E-state index contributed by atoms with van der Waals surface area (Å²) >= 11 is 0. The molecule has 146 valence electrons. The van der Waals surface area contributed by atoms with E-state index in [1.165, 1.54) is 5.56 Å². The topological polar surface area (TPSA) is 77.2 Å². The van der Waals surface area contributed by atoms with Crippen molar-refractivity contribution in [1.29, 1.82) is 0 Å². The highest BCUT2D eigenvalue weighted by atomic mass is 16.5. The van der Waals surface area contributed by atoms with Crippen LogP contribution in [0.1, 0.15) is 44.1 Å². The lowest BCUT2D eigenvalue weighted by atomic mass is 9.99. The normalized spacial score (nSPS) is 11.8. The number of amides is 1. The summed E-state index contributed by atoms with van der Waals surface area (Å²) in [6.45, 7) is 4.36. The quantitative estimate of drug-likeness (QED) is 0.606. The van der Waals surface area contributed by atoms with Crippen LogP contribution in [0.3, 0.4) is 0 Å². The molecule has 0 aliphatic rings. The number of hydrogen-bond donors (Lipinski definition) is 1. The molecule has 1 amide bonds. The first-order valence-electron chi connectivity index (χ1n) is 9.46. The van der Waals surface area contributed by atoms with E-state index in [2.05, 4.69) is 41.4 Å². The van der Waals surface area contributed by atoms with E-state index in [0.29, 0.717) is 24.1 Å². The number of rotatable bonds is 8. The fourth-order valence-corrected chi connectivity index (χ4v) is 2.79. The van der Waals surface area contributed by atoms with Crippen LogP contribution in [0.4, 0.5) is 5.69 Å². The average Bonchev–Trinajstić information content (AvgIpc) is 3.21. The maximum Gasteiger partial charge on any atom is 0.227 e. The minimum absolute atomic E-state index is 0.0829. The highest BCUT2D eigenvalue weighted by Crippen LogP contribution is 2.21. The fourth-order valence-electron chi connectivity index (χ4n) is 2.79. The number of aromatic nitrogens is 2. The van der Waals surface area contributed by atoms with Crippen molar-refractivity contribution in [3.05, 3.63) is 60.0 Å². The van der Waals surface area contributed by atoms with Crippen LogP contribution in [0.25, 0.3) is 11.4 Å². The van der Waals surface area contributed by atoms with Gasteiger partial charge in [-0.15, -0.1) is 0 Å². The molecular weight excluding hydrogens is 354 g/mol. The van der Waals surface area contributed by atoms with Crippen molar-refractivity contribution in [3.63, 3.8) is 0 Å². The lowest BCUT2D eigenvalue weighted by Crippen LogP contribution is -2.12. The Labute approximate surface area is 164 Å². The molecule has 0 spiro atoms. The van der Waals surface area contributed by atoms with Gasteiger partial charge in [0.2, 0.25) is 17.6 Å². The van der Waals surface area contributed by atoms with Crippen LogP contribution in [-0.4, -0.2) is 23.2 Å². The summed E-state index contributed by atoms with van der Waals surface area (Å²) in [7, 11) is 1.62. The molecule has 1 aromatic heterocycles. The first kappa shape index (κ1) is 19.6. The molecule has 6 heteroatoms. The minimum Gasteiger partial charge on any atom is -0.497 e. The van der Waals surface area contributed by atoms with Crippen molar-refractivity contribution in [2.24, 2.45) is 0 Å². The zero-order valence-corrected chi connectivity index (χ0v) is 16.4. The predicted molar refractivity (Wildman–Crippen MR) is 108 cm³/mol. The molecule has 0 aliphatic heterocycles. The second-order valence-corrected chi connectivity index (χ2v) is 6.72. The summed E-state index contributed by atoms with van der Waals surface area (Å²) < 4.78 is 10.4. The van der Waals surface area contributed by atoms with Gasteiger partial charge in [-0.25, -0.2) is 0 Å². The molecule has 0 saturated heterocycles. The molecule has 2 aromatic carbocycles. The van der Waals surface area contributed by atoms with Crippen LogP contribution in [-0.2, 0) is 11.2 Å². The number of methoxy groups -OCH3 is 1. The molecular formula is C22H25N3O3. The Kier molecular flexibility index (Phi) is 6.42. The molecule has 3 aromatic rings. The molecule has 0 radical (unpaired) electrons. The van der Waals surface area contributed by atoms with Gasteiger partial charge in [0.1, 0.15) is 5.75 Å². The van der Waals surface area contributed by atoms with Crippen LogP contribution in [0.15, 0.2) is 53.1 Å². The fraction of sp³-hybridized carbons (Fsp3) is 0.318. The molecule has 0 aliphatic carbocycles. The van der Waals surface area contributed by atoms with Crippen molar-refractivity contribution >= 4 is 11.6 Å². The smallest absolute Gasteiger partial charge is 0.227 e. The molecule has 1 N–H and O–H groups in total. The van der Waals surface area contributed by atoms with E-state index in [0.717, 1.165) is 23.4 Å². The van der Waals surface area contributed by atoms with Gasteiger partial charge < -0.3 is 14.6 Å². The molecule has 0 bridgehead atoms. The van der Waals surface area contributed by atoms with E-state index >= 15 is 0 Å². The number of hydrogen-bond acceptors (Lipinski definition) is 5. The SMILES string of the molecule is CC[C@@H](C)c1ccc(NC(=O)CCc2nc(-c3ccc(OC)cc3)no2)cc1. The Morgan fingerprint density at radius 2 is 1.86 bits per heavy atom. The molecule has 0 fully saturated rings. The van der Waals surface area contributed by atoms with E-state index in [4.69, 9.17) is 9.26 Å². The number of benzene rings is 2. The molecule has 28 heavy (non-hydrogen) atoms. The molecule has 0 unspecified atom stereocenters. The lowest BCUT2D eigenvalue weighted by Gasteiger charge is -2.10. The molecule has 1 heterocycles. The van der Waals surface area contributed by atoms with Crippen LogP contribution >= 0.6 is 0 Å². The van der Waals surface area contributed by atoms with E-state index in [1.54, 1.807) is 7.11 Å². The van der Waals surface area contributed by atoms with Gasteiger partial charge in [-0.1, -0.05) is 31.1 Å². The summed E-state index contributed by atoms with van der Waals surface area (Å²) in [6.07, 6.45) is 1.76. The molecule has 0 saturated carbocycles. The first-order valence-corrected chi connectivity index (χ1v) is 9.46. The van der Waals surface area contributed by atoms with E-state index in [9.17, 15) is 4.79 Å². The number of nitrogens with one attached hydrogen (secondary N) is 1.